The number of hydrogen-bond donors (Lipinski definition) is 2. The first-order chi connectivity index (χ1) is 12.1. The third-order valence-corrected chi connectivity index (χ3v) is 5.96. The molecular formula is C18H21ClN2O4S. The molecule has 8 heteroatoms. The standard InChI is InChI=1S/C18H20N2O4S.ClH/c21-25(22,17-7-3-6-16-18(17)24-11-10-23-16)20-12-15-14-5-2-1-4-13(14)8-9-19-15;/h1-7,15,19-20H,8-12H2;1H. The third kappa shape index (κ3) is 3.66. The molecule has 6 nitrogen and oxygen atoms in total. The molecule has 2 aromatic carbocycles. The summed E-state index contributed by atoms with van der Waals surface area (Å²) >= 11 is 0. The van der Waals surface area contributed by atoms with Crippen LogP contribution >= 0.6 is 12.4 Å². The summed E-state index contributed by atoms with van der Waals surface area (Å²) in [5.74, 6) is 0.758. The molecule has 2 aromatic rings. The maximum absolute atomic E-state index is 12.8. The molecule has 26 heavy (non-hydrogen) atoms. The smallest absolute Gasteiger partial charge is 0.244 e. The number of hydrogen-bond acceptors (Lipinski definition) is 5. The summed E-state index contributed by atoms with van der Waals surface area (Å²) in [6.45, 7) is 1.88. The Balaban J connectivity index is 0.00000196. The van der Waals surface area contributed by atoms with Crippen molar-refractivity contribution in [2.45, 2.75) is 17.4 Å². The van der Waals surface area contributed by atoms with Crippen LogP contribution in [0.2, 0.25) is 0 Å². The van der Waals surface area contributed by atoms with Crippen LogP contribution in [0.4, 0.5) is 0 Å². The average Bonchev–Trinajstić information content (AvgIpc) is 2.66. The van der Waals surface area contributed by atoms with Gasteiger partial charge in [-0.1, -0.05) is 30.3 Å². The third-order valence-electron chi connectivity index (χ3n) is 4.51. The predicted octanol–water partition coefficient (Wildman–Crippen LogP) is 2.04. The molecule has 140 valence electrons. The monoisotopic (exact) mass is 396 g/mol. The van der Waals surface area contributed by atoms with E-state index in [9.17, 15) is 8.42 Å². The molecule has 0 amide bonds. The molecule has 2 N–H and O–H groups in total. The van der Waals surface area contributed by atoms with Crippen LogP contribution in [0.15, 0.2) is 47.4 Å². The van der Waals surface area contributed by atoms with Gasteiger partial charge in [0, 0.05) is 12.6 Å². The Morgan fingerprint density at radius 1 is 1.08 bits per heavy atom. The molecule has 2 aliphatic rings. The Morgan fingerprint density at radius 2 is 1.88 bits per heavy atom. The molecule has 0 radical (unpaired) electrons. The Morgan fingerprint density at radius 3 is 2.77 bits per heavy atom. The fourth-order valence-electron chi connectivity index (χ4n) is 3.30. The molecule has 0 aliphatic carbocycles. The highest BCUT2D eigenvalue weighted by Gasteiger charge is 2.27. The molecule has 1 atom stereocenters. The number of halogens is 1. The van der Waals surface area contributed by atoms with Crippen molar-refractivity contribution >= 4 is 22.4 Å². The fraction of sp³-hybridized carbons (Fsp3) is 0.333. The van der Waals surface area contributed by atoms with Crippen LogP contribution < -0.4 is 19.5 Å². The lowest BCUT2D eigenvalue weighted by Crippen LogP contribution is -2.39. The first kappa shape index (κ1) is 19.0. The Hall–Kier alpha value is -1.80. The van der Waals surface area contributed by atoms with Gasteiger partial charge in [0.25, 0.3) is 0 Å². The number of ether oxygens (including phenoxy) is 2. The van der Waals surface area contributed by atoms with Crippen molar-refractivity contribution in [3.8, 4) is 11.5 Å². The van der Waals surface area contributed by atoms with Gasteiger partial charge in [0.15, 0.2) is 11.5 Å². The summed E-state index contributed by atoms with van der Waals surface area (Å²) in [4.78, 5) is 0.119. The van der Waals surface area contributed by atoms with Crippen molar-refractivity contribution in [2.24, 2.45) is 0 Å². The quantitative estimate of drug-likeness (QED) is 0.827. The Labute approximate surface area is 159 Å². The second-order valence-corrected chi connectivity index (χ2v) is 7.82. The zero-order chi connectivity index (χ0) is 17.3. The molecule has 0 saturated heterocycles. The van der Waals surface area contributed by atoms with Crippen LogP contribution in [0.1, 0.15) is 17.2 Å². The van der Waals surface area contributed by atoms with Crippen molar-refractivity contribution in [1.29, 1.82) is 0 Å². The number of benzene rings is 2. The summed E-state index contributed by atoms with van der Waals surface area (Å²) in [6.07, 6.45) is 0.955. The molecule has 0 aromatic heterocycles. The maximum atomic E-state index is 12.8. The van der Waals surface area contributed by atoms with Gasteiger partial charge in [-0.2, -0.15) is 0 Å². The molecule has 0 spiro atoms. The van der Waals surface area contributed by atoms with Crippen LogP contribution in [0, 0.1) is 0 Å². The van der Waals surface area contributed by atoms with E-state index in [-0.39, 0.29) is 29.9 Å². The fourth-order valence-corrected chi connectivity index (χ4v) is 4.51. The van der Waals surface area contributed by atoms with Crippen molar-refractivity contribution in [3.05, 3.63) is 53.6 Å². The van der Waals surface area contributed by atoms with E-state index in [4.69, 9.17) is 9.47 Å². The number of nitrogens with one attached hydrogen (secondary N) is 2. The summed E-state index contributed by atoms with van der Waals surface area (Å²) in [6, 6.07) is 13.0. The van der Waals surface area contributed by atoms with Crippen molar-refractivity contribution in [3.63, 3.8) is 0 Å². The van der Waals surface area contributed by atoms with Gasteiger partial charge in [-0.05, 0) is 36.2 Å². The predicted molar refractivity (Wildman–Crippen MR) is 101 cm³/mol. The van der Waals surface area contributed by atoms with Gasteiger partial charge in [0.2, 0.25) is 10.0 Å². The number of rotatable bonds is 4. The van der Waals surface area contributed by atoms with Crippen molar-refractivity contribution < 1.29 is 17.9 Å². The van der Waals surface area contributed by atoms with Crippen LogP contribution in [-0.4, -0.2) is 34.7 Å². The largest absolute Gasteiger partial charge is 0.486 e. The average molecular weight is 397 g/mol. The van der Waals surface area contributed by atoms with E-state index >= 15 is 0 Å². The van der Waals surface area contributed by atoms with Crippen LogP contribution in [0.25, 0.3) is 0 Å². The van der Waals surface area contributed by atoms with Crippen molar-refractivity contribution in [2.75, 3.05) is 26.3 Å². The van der Waals surface area contributed by atoms with Gasteiger partial charge in [-0.25, -0.2) is 13.1 Å². The van der Waals surface area contributed by atoms with Crippen molar-refractivity contribution in [1.82, 2.24) is 10.0 Å². The van der Waals surface area contributed by atoms with E-state index in [0.717, 1.165) is 18.5 Å². The van der Waals surface area contributed by atoms with Gasteiger partial charge < -0.3 is 14.8 Å². The van der Waals surface area contributed by atoms with E-state index < -0.39 is 10.0 Å². The zero-order valence-corrected chi connectivity index (χ0v) is 15.7. The second kappa shape index (κ2) is 7.84. The summed E-state index contributed by atoms with van der Waals surface area (Å²) < 4.78 is 39.3. The summed E-state index contributed by atoms with van der Waals surface area (Å²) in [5.41, 5.74) is 2.41. The molecule has 4 rings (SSSR count). The lowest BCUT2D eigenvalue weighted by molar-refractivity contribution is 0.167. The van der Waals surface area contributed by atoms with E-state index in [2.05, 4.69) is 16.1 Å². The van der Waals surface area contributed by atoms with Gasteiger partial charge in [-0.15, -0.1) is 12.4 Å². The topological polar surface area (TPSA) is 76.7 Å². The Kier molecular flexibility index (Phi) is 5.72. The highest BCUT2D eigenvalue weighted by atomic mass is 35.5. The number of fused-ring (bicyclic) bond motifs is 2. The van der Waals surface area contributed by atoms with Crippen LogP contribution in [0.3, 0.4) is 0 Å². The minimum atomic E-state index is -3.70. The lowest BCUT2D eigenvalue weighted by atomic mass is 9.95. The minimum Gasteiger partial charge on any atom is -0.486 e. The highest BCUT2D eigenvalue weighted by Crippen LogP contribution is 2.36. The number of para-hydroxylation sites is 1. The van der Waals surface area contributed by atoms with Gasteiger partial charge in [0.05, 0.1) is 0 Å². The SMILES string of the molecule is Cl.O=S(=O)(NCC1NCCc2ccccc21)c1cccc2c1OCCO2. The lowest BCUT2D eigenvalue weighted by Gasteiger charge is -2.27. The zero-order valence-electron chi connectivity index (χ0n) is 14.1. The highest BCUT2D eigenvalue weighted by molar-refractivity contribution is 7.89. The molecule has 0 saturated carbocycles. The first-order valence-corrected chi connectivity index (χ1v) is 9.83. The molecule has 2 aliphatic heterocycles. The summed E-state index contributed by atoms with van der Waals surface area (Å²) in [7, 11) is -3.70. The van der Waals surface area contributed by atoms with Gasteiger partial charge >= 0.3 is 0 Å². The Bertz CT molecular complexity index is 889. The number of sulfonamides is 1. The molecule has 2 heterocycles. The molecule has 1 unspecified atom stereocenters. The minimum absolute atomic E-state index is 0. The second-order valence-electron chi connectivity index (χ2n) is 6.09. The van der Waals surface area contributed by atoms with Gasteiger partial charge in [-0.3, -0.25) is 0 Å². The normalized spacial score (nSPS) is 18.5. The van der Waals surface area contributed by atoms with Gasteiger partial charge in [0.1, 0.15) is 18.1 Å². The van der Waals surface area contributed by atoms with E-state index in [0.29, 0.717) is 24.7 Å². The molecule has 0 bridgehead atoms. The van der Waals surface area contributed by atoms with Crippen LogP contribution in [-0.2, 0) is 16.4 Å². The first-order valence-electron chi connectivity index (χ1n) is 8.34. The molecular weight excluding hydrogens is 376 g/mol. The van der Waals surface area contributed by atoms with E-state index in [1.807, 2.05) is 18.2 Å². The van der Waals surface area contributed by atoms with E-state index in [1.54, 1.807) is 12.1 Å². The summed E-state index contributed by atoms with van der Waals surface area (Å²) in [5, 5.41) is 3.38. The van der Waals surface area contributed by atoms with Crippen LogP contribution in [0.5, 0.6) is 11.5 Å². The molecule has 0 fully saturated rings. The maximum Gasteiger partial charge on any atom is 0.244 e. The van der Waals surface area contributed by atoms with E-state index in [1.165, 1.54) is 11.6 Å².